The van der Waals surface area contributed by atoms with Crippen molar-refractivity contribution in [2.24, 2.45) is 0 Å². The fourth-order valence-corrected chi connectivity index (χ4v) is 5.34. The van der Waals surface area contributed by atoms with Crippen molar-refractivity contribution in [2.45, 2.75) is 32.6 Å². The lowest BCUT2D eigenvalue weighted by Crippen LogP contribution is -2.20. The summed E-state index contributed by atoms with van der Waals surface area (Å²) in [5.41, 5.74) is 8.74. The Bertz CT molecular complexity index is 1360. The van der Waals surface area contributed by atoms with Crippen LogP contribution in [0.4, 0.5) is 11.4 Å². The first kappa shape index (κ1) is 20.7. The van der Waals surface area contributed by atoms with Crippen LogP contribution in [0.5, 0.6) is 0 Å². The number of nitrogen functional groups attached to an aromatic ring is 1. The number of rotatable bonds is 4. The Kier molecular flexibility index (Phi) is 4.89. The van der Waals surface area contributed by atoms with Crippen molar-refractivity contribution < 1.29 is 9.72 Å². The molecule has 0 unspecified atom stereocenters. The average molecular weight is 436 g/mol. The van der Waals surface area contributed by atoms with Gasteiger partial charge in [0.2, 0.25) is 0 Å². The largest absolute Gasteiger partial charge is 0.397 e. The molecule has 2 aromatic heterocycles. The number of H-pyrrole nitrogens is 1. The van der Waals surface area contributed by atoms with Crippen molar-refractivity contribution in [1.29, 1.82) is 0 Å². The summed E-state index contributed by atoms with van der Waals surface area (Å²) in [4.78, 5) is 39.3. The molecule has 0 atom stereocenters. The smallest absolute Gasteiger partial charge is 0.269 e. The van der Waals surface area contributed by atoms with E-state index in [4.69, 9.17) is 5.73 Å². The molecule has 8 heteroatoms. The Balaban J connectivity index is 1.82. The molecule has 2 heterocycles. The first-order chi connectivity index (χ1) is 14.6. The van der Waals surface area contributed by atoms with Gasteiger partial charge in [-0.05, 0) is 42.7 Å². The van der Waals surface area contributed by atoms with E-state index in [1.807, 2.05) is 18.2 Å². The highest BCUT2D eigenvalue weighted by molar-refractivity contribution is 7.19. The van der Waals surface area contributed by atoms with Gasteiger partial charge in [0, 0.05) is 33.4 Å². The van der Waals surface area contributed by atoms with Crippen molar-refractivity contribution in [1.82, 2.24) is 4.98 Å². The number of non-ortho nitro benzene ring substituents is 1. The molecule has 0 amide bonds. The number of nitrogens with one attached hydrogen (secondary N) is 1. The molecule has 0 bridgehead atoms. The molecular weight excluding hydrogens is 414 g/mol. The van der Waals surface area contributed by atoms with Gasteiger partial charge < -0.3 is 10.7 Å². The number of allylic oxidation sites excluding steroid dienone is 2. The van der Waals surface area contributed by atoms with Crippen LogP contribution in [0.2, 0.25) is 0 Å². The van der Waals surface area contributed by atoms with Crippen molar-refractivity contribution >= 4 is 50.9 Å². The van der Waals surface area contributed by atoms with Crippen LogP contribution in [0.15, 0.2) is 40.7 Å². The molecule has 0 fully saturated rings. The number of thiophene rings is 1. The summed E-state index contributed by atoms with van der Waals surface area (Å²) in [6, 6.07) is 6.36. The van der Waals surface area contributed by atoms with Crippen molar-refractivity contribution in [3.05, 3.63) is 78.0 Å². The first-order valence-electron chi connectivity index (χ1n) is 9.71. The van der Waals surface area contributed by atoms with E-state index in [1.54, 1.807) is 12.1 Å². The van der Waals surface area contributed by atoms with E-state index >= 15 is 0 Å². The Morgan fingerprint density at radius 3 is 2.55 bits per heavy atom. The minimum Gasteiger partial charge on any atom is -0.397 e. The number of carbonyl (C=O) groups excluding carboxylic acids is 1. The van der Waals surface area contributed by atoms with E-state index in [0.29, 0.717) is 10.2 Å². The molecule has 3 aromatic rings. The SMILES string of the molecule is CC(=O)c1c(N)c2c3c(sc2[nH]c1=O)C(C)(C)CC(/C=C/c1ccc([N+](=O)[O-])cc1)=C3. The highest BCUT2D eigenvalue weighted by Gasteiger charge is 2.33. The second-order valence-corrected chi connectivity index (χ2v) is 9.33. The predicted octanol–water partition coefficient (Wildman–Crippen LogP) is 5.06. The van der Waals surface area contributed by atoms with Gasteiger partial charge >= 0.3 is 0 Å². The van der Waals surface area contributed by atoms with E-state index < -0.39 is 10.5 Å². The average Bonchev–Trinajstić information content (AvgIpc) is 3.05. The highest BCUT2D eigenvalue weighted by Crippen LogP contribution is 2.47. The lowest BCUT2D eigenvalue weighted by molar-refractivity contribution is -0.384. The molecule has 1 aliphatic carbocycles. The molecule has 1 aliphatic rings. The van der Waals surface area contributed by atoms with Crippen LogP contribution in [0, 0.1) is 10.1 Å². The van der Waals surface area contributed by atoms with Gasteiger partial charge in [0.05, 0.1) is 10.6 Å². The van der Waals surface area contributed by atoms with E-state index in [9.17, 15) is 19.7 Å². The van der Waals surface area contributed by atoms with E-state index in [2.05, 4.69) is 18.8 Å². The van der Waals surface area contributed by atoms with Gasteiger partial charge in [0.1, 0.15) is 10.4 Å². The van der Waals surface area contributed by atoms with Gasteiger partial charge in [-0.1, -0.05) is 26.0 Å². The number of ketones is 1. The number of anilines is 1. The summed E-state index contributed by atoms with van der Waals surface area (Å²) in [5, 5.41) is 11.5. The number of nitro groups is 1. The predicted molar refractivity (Wildman–Crippen MR) is 125 cm³/mol. The lowest BCUT2D eigenvalue weighted by atomic mass is 9.77. The molecular formula is C23H21N3O4S. The van der Waals surface area contributed by atoms with Crippen LogP contribution in [0.1, 0.15) is 53.6 Å². The molecule has 1 aromatic carbocycles. The molecule has 0 spiro atoms. The molecule has 3 N–H and O–H groups in total. The number of pyridine rings is 1. The number of Topliss-reactive ketones (excluding diaryl/α,β-unsaturated/α-hetero) is 1. The molecule has 0 saturated heterocycles. The zero-order chi connectivity index (χ0) is 22.5. The number of aromatic amines is 1. The van der Waals surface area contributed by atoms with Gasteiger partial charge in [-0.3, -0.25) is 19.7 Å². The number of benzene rings is 1. The third kappa shape index (κ3) is 3.59. The molecule has 31 heavy (non-hydrogen) atoms. The number of hydrogen-bond donors (Lipinski definition) is 2. The van der Waals surface area contributed by atoms with Crippen LogP contribution >= 0.6 is 11.3 Å². The molecule has 158 valence electrons. The monoisotopic (exact) mass is 435 g/mol. The zero-order valence-electron chi connectivity index (χ0n) is 17.3. The summed E-state index contributed by atoms with van der Waals surface area (Å²) in [5.74, 6) is -0.363. The molecule has 0 saturated carbocycles. The third-order valence-electron chi connectivity index (χ3n) is 5.47. The maximum Gasteiger partial charge on any atom is 0.269 e. The summed E-state index contributed by atoms with van der Waals surface area (Å²) in [6.07, 6.45) is 6.72. The highest BCUT2D eigenvalue weighted by atomic mass is 32.1. The number of nitrogens with zero attached hydrogens (tertiary/aromatic N) is 1. The van der Waals surface area contributed by atoms with Crippen LogP contribution in [0.25, 0.3) is 22.4 Å². The Morgan fingerprint density at radius 2 is 1.94 bits per heavy atom. The summed E-state index contributed by atoms with van der Waals surface area (Å²) in [6.45, 7) is 5.60. The minimum absolute atomic E-state index is 0.00662. The second-order valence-electron chi connectivity index (χ2n) is 8.31. The van der Waals surface area contributed by atoms with Crippen LogP contribution in [-0.2, 0) is 5.41 Å². The number of nitro benzene ring substituents is 1. The van der Waals surface area contributed by atoms with Crippen molar-refractivity contribution in [3.63, 3.8) is 0 Å². The molecule has 4 rings (SSSR count). The van der Waals surface area contributed by atoms with Crippen LogP contribution in [-0.4, -0.2) is 15.7 Å². The number of aromatic nitrogens is 1. The van der Waals surface area contributed by atoms with Gasteiger partial charge in [-0.15, -0.1) is 11.3 Å². The molecule has 7 nitrogen and oxygen atoms in total. The maximum absolute atomic E-state index is 12.3. The number of hydrogen-bond acceptors (Lipinski definition) is 6. The summed E-state index contributed by atoms with van der Waals surface area (Å²) >= 11 is 1.50. The van der Waals surface area contributed by atoms with Crippen LogP contribution < -0.4 is 11.3 Å². The van der Waals surface area contributed by atoms with Crippen LogP contribution in [0.3, 0.4) is 0 Å². The Labute approximate surface area is 182 Å². The topological polar surface area (TPSA) is 119 Å². The fourth-order valence-electron chi connectivity index (χ4n) is 4.05. The lowest BCUT2D eigenvalue weighted by Gasteiger charge is -2.29. The minimum atomic E-state index is -0.462. The number of fused-ring (bicyclic) bond motifs is 3. The Morgan fingerprint density at radius 1 is 1.26 bits per heavy atom. The van der Waals surface area contributed by atoms with Gasteiger partial charge in [-0.25, -0.2) is 0 Å². The summed E-state index contributed by atoms with van der Waals surface area (Å²) in [7, 11) is 0. The van der Waals surface area contributed by atoms with Gasteiger partial charge in [-0.2, -0.15) is 0 Å². The Hall–Kier alpha value is -3.52. The quantitative estimate of drug-likeness (QED) is 0.337. The van der Waals surface area contributed by atoms with E-state index in [-0.39, 0.29) is 28.1 Å². The number of carbonyl (C=O) groups is 1. The maximum atomic E-state index is 12.3. The number of nitrogens with two attached hydrogens (primary N) is 1. The third-order valence-corrected chi connectivity index (χ3v) is 6.96. The summed E-state index contributed by atoms with van der Waals surface area (Å²) < 4.78 is 0. The van der Waals surface area contributed by atoms with Gasteiger partial charge in [0.25, 0.3) is 11.2 Å². The van der Waals surface area contributed by atoms with Crippen molar-refractivity contribution in [2.75, 3.05) is 5.73 Å². The zero-order valence-corrected chi connectivity index (χ0v) is 18.1. The van der Waals surface area contributed by atoms with E-state index in [0.717, 1.165) is 28.0 Å². The molecule has 0 aliphatic heterocycles. The normalized spacial score (nSPS) is 15.1. The first-order valence-corrected chi connectivity index (χ1v) is 10.5. The standard InChI is InChI=1S/C23H21N3O4S/c1-12(27)17-19(24)18-16-10-14(5-4-13-6-8-15(9-7-13)26(29)30)11-23(2,3)20(16)31-22(18)25-21(17)28/h4-10H,11H2,1-3H3,(H3,24,25,28)/b5-4+. The molecule has 0 radical (unpaired) electrons. The fraction of sp³-hybridized carbons (Fsp3) is 0.217. The van der Waals surface area contributed by atoms with Gasteiger partial charge in [0.15, 0.2) is 5.78 Å². The second kappa shape index (κ2) is 7.31. The van der Waals surface area contributed by atoms with E-state index in [1.165, 1.54) is 30.4 Å². The van der Waals surface area contributed by atoms with Crippen molar-refractivity contribution in [3.8, 4) is 0 Å².